The van der Waals surface area contributed by atoms with Crippen LogP contribution in [0.5, 0.6) is 0 Å². The highest BCUT2D eigenvalue weighted by Gasteiger charge is 2.26. The van der Waals surface area contributed by atoms with Crippen molar-refractivity contribution >= 4 is 27.3 Å². The maximum absolute atomic E-state index is 6.45. The Morgan fingerprint density at radius 3 is 2.62 bits per heavy atom. The Hall–Kier alpha value is -0.640. The van der Waals surface area contributed by atoms with Gasteiger partial charge >= 0.3 is 0 Å². The molecule has 84 valence electrons. The molecule has 1 aromatic carbocycles. The third-order valence-corrected chi connectivity index (χ3v) is 4.49. The minimum Gasteiger partial charge on any atom is -0.318 e. The molecular formula is C13H14BrNS. The van der Waals surface area contributed by atoms with Crippen LogP contribution < -0.4 is 5.73 Å². The summed E-state index contributed by atoms with van der Waals surface area (Å²) in [6.45, 7) is 4.14. The molecule has 1 atom stereocenters. The first kappa shape index (κ1) is 11.8. The van der Waals surface area contributed by atoms with Crippen molar-refractivity contribution in [3.05, 3.63) is 56.2 Å². The van der Waals surface area contributed by atoms with Crippen LogP contribution >= 0.6 is 27.3 Å². The fraction of sp³-hybridized carbons (Fsp3) is 0.231. The number of aryl methyl sites for hydroxylation is 1. The molecule has 0 saturated heterocycles. The number of hydrogen-bond donors (Lipinski definition) is 1. The first-order valence-corrected chi connectivity index (χ1v) is 6.83. The standard InChI is InChI=1S/C13H14BrNS/c1-9-4-3-5-10(6-9)13(2,15)11-7-16-8-12(11)14/h3-8H,15H2,1-2H3. The molecule has 0 amide bonds. The van der Waals surface area contributed by atoms with Crippen LogP contribution in [0.3, 0.4) is 0 Å². The van der Waals surface area contributed by atoms with E-state index in [1.807, 2.05) is 0 Å². The van der Waals surface area contributed by atoms with Crippen LogP contribution in [0.1, 0.15) is 23.6 Å². The average molecular weight is 296 g/mol. The van der Waals surface area contributed by atoms with Gasteiger partial charge in [-0.25, -0.2) is 0 Å². The molecule has 2 N–H and O–H groups in total. The van der Waals surface area contributed by atoms with Gasteiger partial charge in [0.25, 0.3) is 0 Å². The van der Waals surface area contributed by atoms with Crippen LogP contribution in [0.15, 0.2) is 39.5 Å². The lowest BCUT2D eigenvalue weighted by molar-refractivity contribution is 0.602. The van der Waals surface area contributed by atoms with Gasteiger partial charge in [-0.15, -0.1) is 0 Å². The second-order valence-electron chi connectivity index (χ2n) is 4.21. The van der Waals surface area contributed by atoms with E-state index in [9.17, 15) is 0 Å². The van der Waals surface area contributed by atoms with Crippen LogP contribution in [0, 0.1) is 6.92 Å². The van der Waals surface area contributed by atoms with Crippen LogP contribution in [0.25, 0.3) is 0 Å². The zero-order valence-electron chi connectivity index (χ0n) is 9.33. The number of hydrogen-bond acceptors (Lipinski definition) is 2. The number of rotatable bonds is 2. The van der Waals surface area contributed by atoms with E-state index in [4.69, 9.17) is 5.73 Å². The minimum absolute atomic E-state index is 0.440. The van der Waals surface area contributed by atoms with Crippen molar-refractivity contribution in [1.29, 1.82) is 0 Å². The predicted molar refractivity (Wildman–Crippen MR) is 73.8 cm³/mol. The van der Waals surface area contributed by atoms with E-state index < -0.39 is 5.54 Å². The van der Waals surface area contributed by atoms with Crippen LogP contribution in [0.2, 0.25) is 0 Å². The summed E-state index contributed by atoms with van der Waals surface area (Å²) in [7, 11) is 0. The van der Waals surface area contributed by atoms with Crippen molar-refractivity contribution < 1.29 is 0 Å². The Bertz CT molecular complexity index is 502. The summed E-state index contributed by atoms with van der Waals surface area (Å²) in [6.07, 6.45) is 0. The Balaban J connectivity index is 2.51. The first-order valence-electron chi connectivity index (χ1n) is 5.10. The SMILES string of the molecule is Cc1cccc(C(C)(N)c2cscc2Br)c1. The highest BCUT2D eigenvalue weighted by atomic mass is 79.9. The normalized spacial score (nSPS) is 14.8. The molecule has 0 fully saturated rings. The molecule has 2 aromatic rings. The number of thiophene rings is 1. The monoisotopic (exact) mass is 295 g/mol. The van der Waals surface area contributed by atoms with Crippen LogP contribution in [-0.4, -0.2) is 0 Å². The summed E-state index contributed by atoms with van der Waals surface area (Å²) in [5, 5.41) is 4.17. The van der Waals surface area contributed by atoms with E-state index in [0.29, 0.717) is 0 Å². The summed E-state index contributed by atoms with van der Waals surface area (Å²) < 4.78 is 1.09. The van der Waals surface area contributed by atoms with Crippen molar-refractivity contribution in [3.8, 4) is 0 Å². The second-order valence-corrected chi connectivity index (χ2v) is 5.80. The van der Waals surface area contributed by atoms with Crippen molar-refractivity contribution in [2.24, 2.45) is 5.73 Å². The summed E-state index contributed by atoms with van der Waals surface area (Å²) >= 11 is 5.21. The smallest absolute Gasteiger partial charge is 0.0656 e. The average Bonchev–Trinajstić information content (AvgIpc) is 2.65. The maximum Gasteiger partial charge on any atom is 0.0656 e. The molecule has 0 spiro atoms. The third kappa shape index (κ3) is 2.08. The summed E-state index contributed by atoms with van der Waals surface area (Å²) in [4.78, 5) is 0. The Labute approximate surface area is 108 Å². The molecule has 2 rings (SSSR count). The molecule has 3 heteroatoms. The largest absolute Gasteiger partial charge is 0.318 e. The lowest BCUT2D eigenvalue weighted by Gasteiger charge is -2.25. The lowest BCUT2D eigenvalue weighted by atomic mass is 9.87. The van der Waals surface area contributed by atoms with E-state index >= 15 is 0 Å². The van der Waals surface area contributed by atoms with Gasteiger partial charge in [0.15, 0.2) is 0 Å². The van der Waals surface area contributed by atoms with Gasteiger partial charge in [0.05, 0.1) is 5.54 Å². The van der Waals surface area contributed by atoms with Crippen molar-refractivity contribution in [2.45, 2.75) is 19.4 Å². The molecule has 0 radical (unpaired) electrons. The quantitative estimate of drug-likeness (QED) is 0.889. The molecule has 1 aromatic heterocycles. The molecule has 0 saturated carbocycles. The predicted octanol–water partition coefficient (Wildman–Crippen LogP) is 4.04. The molecule has 0 aliphatic heterocycles. The highest BCUT2D eigenvalue weighted by Crippen LogP contribution is 2.34. The molecule has 1 unspecified atom stereocenters. The Morgan fingerprint density at radius 1 is 1.31 bits per heavy atom. The zero-order valence-corrected chi connectivity index (χ0v) is 11.7. The molecule has 0 aliphatic carbocycles. The summed E-state index contributed by atoms with van der Waals surface area (Å²) in [5.74, 6) is 0. The van der Waals surface area contributed by atoms with Gasteiger partial charge in [-0.2, -0.15) is 11.3 Å². The fourth-order valence-electron chi connectivity index (χ4n) is 1.78. The third-order valence-electron chi connectivity index (χ3n) is 2.79. The van der Waals surface area contributed by atoms with Crippen molar-refractivity contribution in [1.82, 2.24) is 0 Å². The highest BCUT2D eigenvalue weighted by molar-refractivity contribution is 9.10. The topological polar surface area (TPSA) is 26.0 Å². The van der Waals surface area contributed by atoms with Gasteiger partial charge in [0.1, 0.15) is 0 Å². The molecule has 0 aliphatic rings. The fourth-order valence-corrected chi connectivity index (χ4v) is 3.60. The maximum atomic E-state index is 6.45. The number of benzene rings is 1. The van der Waals surface area contributed by atoms with Crippen LogP contribution in [-0.2, 0) is 5.54 Å². The van der Waals surface area contributed by atoms with E-state index in [1.54, 1.807) is 11.3 Å². The van der Waals surface area contributed by atoms with Crippen molar-refractivity contribution in [3.63, 3.8) is 0 Å². The van der Waals surface area contributed by atoms with Gasteiger partial charge < -0.3 is 5.73 Å². The summed E-state index contributed by atoms with van der Waals surface area (Å²) in [5.41, 5.74) is 9.53. The van der Waals surface area contributed by atoms with E-state index in [0.717, 1.165) is 15.6 Å². The molecule has 1 nitrogen and oxygen atoms in total. The van der Waals surface area contributed by atoms with Gasteiger partial charge in [0.2, 0.25) is 0 Å². The molecule has 0 bridgehead atoms. The number of nitrogens with two attached hydrogens (primary N) is 1. The molecule has 1 heterocycles. The first-order chi connectivity index (χ1) is 7.51. The Morgan fingerprint density at radius 2 is 2.06 bits per heavy atom. The molecular weight excluding hydrogens is 282 g/mol. The lowest BCUT2D eigenvalue weighted by Crippen LogP contribution is -2.34. The molecule has 16 heavy (non-hydrogen) atoms. The minimum atomic E-state index is -0.440. The van der Waals surface area contributed by atoms with Crippen molar-refractivity contribution in [2.75, 3.05) is 0 Å². The number of halogens is 1. The van der Waals surface area contributed by atoms with Gasteiger partial charge in [0, 0.05) is 15.4 Å². The second kappa shape index (κ2) is 4.32. The van der Waals surface area contributed by atoms with E-state index in [-0.39, 0.29) is 0 Å². The van der Waals surface area contributed by atoms with E-state index in [2.05, 4.69) is 64.8 Å². The summed E-state index contributed by atoms with van der Waals surface area (Å²) in [6, 6.07) is 8.36. The van der Waals surface area contributed by atoms with E-state index in [1.165, 1.54) is 5.56 Å². The van der Waals surface area contributed by atoms with Gasteiger partial charge in [-0.05, 0) is 40.7 Å². The van der Waals surface area contributed by atoms with Gasteiger partial charge in [-0.1, -0.05) is 29.8 Å². The zero-order chi connectivity index (χ0) is 11.8. The Kier molecular flexibility index (Phi) is 3.19. The van der Waals surface area contributed by atoms with Crippen LogP contribution in [0.4, 0.5) is 0 Å². The van der Waals surface area contributed by atoms with Gasteiger partial charge in [-0.3, -0.25) is 0 Å².